The molecule has 0 bridgehead atoms. The van der Waals surface area contributed by atoms with E-state index in [9.17, 15) is 0 Å². The van der Waals surface area contributed by atoms with Crippen LogP contribution in [-0.4, -0.2) is 27.9 Å². The number of anilines is 1. The first-order valence-electron chi connectivity index (χ1n) is 7.52. The first kappa shape index (κ1) is 15.5. The predicted molar refractivity (Wildman–Crippen MR) is 86.3 cm³/mol. The van der Waals surface area contributed by atoms with Gasteiger partial charge in [-0.2, -0.15) is 5.10 Å². The summed E-state index contributed by atoms with van der Waals surface area (Å²) in [6.07, 6.45) is 2.59. The predicted octanol–water partition coefficient (Wildman–Crippen LogP) is 2.52. The van der Waals surface area contributed by atoms with Gasteiger partial charge in [0.15, 0.2) is 0 Å². The Morgan fingerprint density at radius 1 is 1.33 bits per heavy atom. The van der Waals surface area contributed by atoms with E-state index in [1.165, 1.54) is 11.3 Å². The molecule has 0 atom stereocenters. The second kappa shape index (κ2) is 7.22. The molecule has 2 N–H and O–H groups in total. The largest absolute Gasteiger partial charge is 0.364 e. The molecule has 2 rings (SSSR count). The fraction of sp³-hybridized carbons (Fsp3) is 0.500. The zero-order chi connectivity index (χ0) is 15.2. The lowest BCUT2D eigenvalue weighted by molar-refractivity contribution is 0.500. The average molecular weight is 287 g/mol. The molecular weight excluding hydrogens is 262 g/mol. The lowest BCUT2D eigenvalue weighted by Gasteiger charge is -2.25. The van der Waals surface area contributed by atoms with Gasteiger partial charge in [0.1, 0.15) is 12.2 Å². The molecule has 5 nitrogen and oxygen atoms in total. The van der Waals surface area contributed by atoms with Crippen molar-refractivity contribution in [3.63, 3.8) is 0 Å². The highest BCUT2D eigenvalue weighted by molar-refractivity contribution is 5.48. The Hall–Kier alpha value is -1.88. The molecule has 21 heavy (non-hydrogen) atoms. The van der Waals surface area contributed by atoms with Gasteiger partial charge < -0.3 is 10.6 Å². The van der Waals surface area contributed by atoms with E-state index in [0.29, 0.717) is 12.6 Å². The average Bonchev–Trinajstić information content (AvgIpc) is 2.91. The number of hydrogen-bond donors (Lipinski definition) is 1. The number of nitrogens with two attached hydrogens (primary N) is 1. The topological polar surface area (TPSA) is 60.0 Å². The summed E-state index contributed by atoms with van der Waals surface area (Å²) >= 11 is 0. The lowest BCUT2D eigenvalue weighted by Crippen LogP contribution is -2.28. The Bertz CT molecular complexity index is 561. The number of aromatic nitrogens is 3. The lowest BCUT2D eigenvalue weighted by atomic mass is 10.2. The Morgan fingerprint density at radius 2 is 2.14 bits per heavy atom. The molecular formula is C16H25N5. The fourth-order valence-corrected chi connectivity index (χ4v) is 2.40. The number of benzene rings is 1. The normalized spacial score (nSPS) is 11.1. The Balaban J connectivity index is 2.22. The maximum absolute atomic E-state index is 5.68. The van der Waals surface area contributed by atoms with Gasteiger partial charge in [0.2, 0.25) is 0 Å². The zero-order valence-corrected chi connectivity index (χ0v) is 13.2. The summed E-state index contributed by atoms with van der Waals surface area (Å²) in [6.45, 7) is 8.72. The van der Waals surface area contributed by atoms with Crippen molar-refractivity contribution in [3.05, 3.63) is 42.0 Å². The third-order valence-corrected chi connectivity index (χ3v) is 3.47. The molecule has 0 spiro atoms. The minimum Gasteiger partial charge on any atom is -0.364 e. The molecule has 1 aromatic heterocycles. The van der Waals surface area contributed by atoms with E-state index >= 15 is 0 Å². The maximum atomic E-state index is 5.68. The van der Waals surface area contributed by atoms with Crippen LogP contribution in [0.4, 0.5) is 5.69 Å². The summed E-state index contributed by atoms with van der Waals surface area (Å²) in [6, 6.07) is 8.86. The minimum absolute atomic E-state index is 0.316. The molecule has 0 radical (unpaired) electrons. The summed E-state index contributed by atoms with van der Waals surface area (Å²) in [7, 11) is 0. The van der Waals surface area contributed by atoms with Crippen LogP contribution in [0.1, 0.15) is 37.7 Å². The number of nitrogens with zero attached hydrogens (tertiary/aromatic N) is 4. The maximum Gasteiger partial charge on any atom is 0.146 e. The number of rotatable bonds is 7. The molecule has 0 aliphatic rings. The van der Waals surface area contributed by atoms with E-state index in [4.69, 9.17) is 5.73 Å². The summed E-state index contributed by atoms with van der Waals surface area (Å²) in [5, 5.41) is 4.31. The second-order valence-corrected chi connectivity index (χ2v) is 5.62. The first-order chi connectivity index (χ1) is 10.1. The van der Waals surface area contributed by atoms with Crippen molar-refractivity contribution < 1.29 is 0 Å². The van der Waals surface area contributed by atoms with E-state index in [2.05, 4.69) is 60.0 Å². The monoisotopic (exact) mass is 287 g/mol. The van der Waals surface area contributed by atoms with E-state index < -0.39 is 0 Å². The molecule has 0 saturated carbocycles. The van der Waals surface area contributed by atoms with Crippen LogP contribution in [0.15, 0.2) is 30.6 Å². The first-order valence-corrected chi connectivity index (χ1v) is 7.52. The van der Waals surface area contributed by atoms with E-state index in [1.807, 2.05) is 4.68 Å². The molecule has 1 heterocycles. The van der Waals surface area contributed by atoms with Crippen LogP contribution in [0.25, 0.3) is 0 Å². The van der Waals surface area contributed by atoms with Crippen molar-refractivity contribution in [1.29, 1.82) is 0 Å². The van der Waals surface area contributed by atoms with E-state index in [1.54, 1.807) is 6.33 Å². The van der Waals surface area contributed by atoms with Gasteiger partial charge in [-0.25, -0.2) is 9.67 Å². The van der Waals surface area contributed by atoms with Crippen molar-refractivity contribution in [2.24, 2.45) is 5.73 Å². The van der Waals surface area contributed by atoms with Crippen molar-refractivity contribution >= 4 is 5.69 Å². The van der Waals surface area contributed by atoms with Gasteiger partial charge in [-0.1, -0.05) is 12.1 Å². The third-order valence-electron chi connectivity index (χ3n) is 3.47. The van der Waals surface area contributed by atoms with Crippen LogP contribution < -0.4 is 10.6 Å². The highest BCUT2D eigenvalue weighted by Gasteiger charge is 2.13. The third kappa shape index (κ3) is 4.04. The van der Waals surface area contributed by atoms with Gasteiger partial charge >= 0.3 is 0 Å². The van der Waals surface area contributed by atoms with Crippen LogP contribution in [-0.2, 0) is 6.54 Å². The molecule has 1 aromatic carbocycles. The van der Waals surface area contributed by atoms with Gasteiger partial charge in [-0.05, 0) is 51.4 Å². The fourth-order valence-electron chi connectivity index (χ4n) is 2.40. The molecule has 2 aromatic rings. The summed E-state index contributed by atoms with van der Waals surface area (Å²) in [4.78, 5) is 6.73. The smallest absolute Gasteiger partial charge is 0.146 e. The van der Waals surface area contributed by atoms with E-state index in [-0.39, 0.29) is 0 Å². The highest BCUT2D eigenvalue weighted by Crippen LogP contribution is 2.19. The molecule has 0 aliphatic carbocycles. The molecule has 5 heteroatoms. The SMILES string of the molecule is Cc1cccc(N(CCCN)Cc2ncnn2C(C)C)c1. The summed E-state index contributed by atoms with van der Waals surface area (Å²) in [5.41, 5.74) is 8.15. The van der Waals surface area contributed by atoms with Crippen molar-refractivity contribution in [1.82, 2.24) is 14.8 Å². The van der Waals surface area contributed by atoms with Crippen LogP contribution in [0.5, 0.6) is 0 Å². The van der Waals surface area contributed by atoms with Crippen LogP contribution in [0, 0.1) is 6.92 Å². The summed E-state index contributed by atoms with van der Waals surface area (Å²) in [5.74, 6) is 0.989. The molecule has 0 aliphatic heterocycles. The zero-order valence-electron chi connectivity index (χ0n) is 13.2. The van der Waals surface area contributed by atoms with Crippen molar-refractivity contribution in [2.75, 3.05) is 18.0 Å². The summed E-state index contributed by atoms with van der Waals surface area (Å²) < 4.78 is 1.98. The quantitative estimate of drug-likeness (QED) is 0.850. The van der Waals surface area contributed by atoms with Gasteiger partial charge in [0.05, 0.1) is 6.54 Å². The minimum atomic E-state index is 0.316. The Labute approximate surface area is 126 Å². The molecule has 0 fully saturated rings. The van der Waals surface area contributed by atoms with Crippen LogP contribution in [0.2, 0.25) is 0 Å². The molecule has 0 saturated heterocycles. The molecule has 0 amide bonds. The van der Waals surface area contributed by atoms with Gasteiger partial charge in [0.25, 0.3) is 0 Å². The van der Waals surface area contributed by atoms with Crippen molar-refractivity contribution in [2.45, 2.75) is 39.8 Å². The van der Waals surface area contributed by atoms with Gasteiger partial charge in [-0.15, -0.1) is 0 Å². The Morgan fingerprint density at radius 3 is 2.81 bits per heavy atom. The molecule has 0 unspecified atom stereocenters. The van der Waals surface area contributed by atoms with E-state index in [0.717, 1.165) is 25.3 Å². The second-order valence-electron chi connectivity index (χ2n) is 5.62. The van der Waals surface area contributed by atoms with Gasteiger partial charge in [-0.3, -0.25) is 0 Å². The van der Waals surface area contributed by atoms with Crippen LogP contribution >= 0.6 is 0 Å². The van der Waals surface area contributed by atoms with Crippen LogP contribution in [0.3, 0.4) is 0 Å². The van der Waals surface area contributed by atoms with Crippen molar-refractivity contribution in [3.8, 4) is 0 Å². The van der Waals surface area contributed by atoms with Gasteiger partial charge in [0, 0.05) is 18.3 Å². The highest BCUT2D eigenvalue weighted by atomic mass is 15.4. The number of hydrogen-bond acceptors (Lipinski definition) is 4. The Kier molecular flexibility index (Phi) is 5.33. The number of aryl methyl sites for hydroxylation is 1. The standard InChI is InChI=1S/C16H25N5/c1-13(2)21-16(18-12-19-21)11-20(9-5-8-17)15-7-4-6-14(3)10-15/h4,6-7,10,12-13H,5,8-9,11,17H2,1-3H3. The molecule has 114 valence electrons.